The van der Waals surface area contributed by atoms with E-state index in [-0.39, 0.29) is 5.56 Å². The minimum Gasteiger partial charge on any atom is -0.327 e. The van der Waals surface area contributed by atoms with E-state index in [0.29, 0.717) is 11.0 Å². The van der Waals surface area contributed by atoms with Gasteiger partial charge in [-0.25, -0.2) is 8.78 Å². The van der Waals surface area contributed by atoms with Crippen LogP contribution in [0.4, 0.5) is 8.78 Å². The molecule has 0 spiro atoms. The molecule has 0 saturated carbocycles. The van der Waals surface area contributed by atoms with Crippen LogP contribution in [0.2, 0.25) is 0 Å². The first kappa shape index (κ1) is 10.1. The van der Waals surface area contributed by atoms with Crippen molar-refractivity contribution in [2.45, 2.75) is 6.54 Å². The SMILES string of the molecule is C[N+](C)(C)Cc1c(F)cccc1F. The average Bonchev–Trinajstić information content (AvgIpc) is 1.95. The van der Waals surface area contributed by atoms with Gasteiger partial charge in [-0.15, -0.1) is 0 Å². The zero-order valence-electron chi connectivity index (χ0n) is 8.14. The summed E-state index contributed by atoms with van der Waals surface area (Å²) in [4.78, 5) is 0. The predicted molar refractivity (Wildman–Crippen MR) is 48.1 cm³/mol. The first-order valence-electron chi connectivity index (χ1n) is 4.13. The van der Waals surface area contributed by atoms with Crippen molar-refractivity contribution in [3.63, 3.8) is 0 Å². The third kappa shape index (κ3) is 2.77. The van der Waals surface area contributed by atoms with Crippen LogP contribution in [0, 0.1) is 11.6 Å². The molecule has 0 fully saturated rings. The van der Waals surface area contributed by atoms with Crippen molar-refractivity contribution in [3.8, 4) is 0 Å². The van der Waals surface area contributed by atoms with Crippen molar-refractivity contribution in [1.29, 1.82) is 0 Å². The zero-order chi connectivity index (χ0) is 10.1. The fraction of sp³-hybridized carbons (Fsp3) is 0.400. The summed E-state index contributed by atoms with van der Waals surface area (Å²) in [7, 11) is 5.68. The molecule has 0 bridgehead atoms. The highest BCUT2D eigenvalue weighted by atomic mass is 19.1. The van der Waals surface area contributed by atoms with Crippen molar-refractivity contribution in [2.24, 2.45) is 0 Å². The predicted octanol–water partition coefficient (Wildman–Crippen LogP) is 2.17. The molecule has 0 aliphatic heterocycles. The van der Waals surface area contributed by atoms with Gasteiger partial charge in [0.2, 0.25) is 0 Å². The Hall–Kier alpha value is -0.960. The van der Waals surface area contributed by atoms with Crippen LogP contribution in [0.1, 0.15) is 5.56 Å². The van der Waals surface area contributed by atoms with Crippen LogP contribution in [0.25, 0.3) is 0 Å². The van der Waals surface area contributed by atoms with Gasteiger partial charge in [-0.05, 0) is 12.1 Å². The fourth-order valence-corrected chi connectivity index (χ4v) is 1.16. The fourth-order valence-electron chi connectivity index (χ4n) is 1.16. The minimum atomic E-state index is -0.465. The first-order chi connectivity index (χ1) is 5.90. The van der Waals surface area contributed by atoms with Crippen molar-refractivity contribution in [1.82, 2.24) is 0 Å². The van der Waals surface area contributed by atoms with Crippen LogP contribution < -0.4 is 0 Å². The number of rotatable bonds is 2. The smallest absolute Gasteiger partial charge is 0.135 e. The Labute approximate surface area is 77.2 Å². The van der Waals surface area contributed by atoms with Crippen LogP contribution in [-0.4, -0.2) is 25.6 Å². The molecule has 1 nitrogen and oxygen atoms in total. The maximum atomic E-state index is 13.1. The molecule has 0 saturated heterocycles. The lowest BCUT2D eigenvalue weighted by Crippen LogP contribution is -2.34. The summed E-state index contributed by atoms with van der Waals surface area (Å²) in [5, 5.41) is 0. The van der Waals surface area contributed by atoms with E-state index in [1.807, 2.05) is 21.1 Å². The quantitative estimate of drug-likeness (QED) is 0.621. The largest absolute Gasteiger partial charge is 0.327 e. The van der Waals surface area contributed by atoms with Gasteiger partial charge >= 0.3 is 0 Å². The van der Waals surface area contributed by atoms with Crippen LogP contribution >= 0.6 is 0 Å². The molecule has 0 atom stereocenters. The van der Waals surface area contributed by atoms with Crippen LogP contribution in [0.5, 0.6) is 0 Å². The van der Waals surface area contributed by atoms with E-state index in [1.165, 1.54) is 18.2 Å². The number of nitrogens with zero attached hydrogens (tertiary/aromatic N) is 1. The number of hydrogen-bond acceptors (Lipinski definition) is 0. The summed E-state index contributed by atoms with van der Waals surface area (Å²) < 4.78 is 26.8. The Morgan fingerprint density at radius 2 is 1.54 bits per heavy atom. The van der Waals surface area contributed by atoms with Crippen molar-refractivity contribution in [2.75, 3.05) is 21.1 Å². The van der Waals surface area contributed by atoms with E-state index in [9.17, 15) is 8.78 Å². The van der Waals surface area contributed by atoms with Gasteiger partial charge in [0.05, 0.1) is 26.7 Å². The summed E-state index contributed by atoms with van der Waals surface area (Å²) in [6.07, 6.45) is 0. The third-order valence-electron chi connectivity index (χ3n) is 1.69. The number of quaternary nitrogens is 1. The molecule has 1 rings (SSSR count). The van der Waals surface area contributed by atoms with Gasteiger partial charge in [0.25, 0.3) is 0 Å². The molecule has 0 amide bonds. The highest BCUT2D eigenvalue weighted by Gasteiger charge is 2.16. The second kappa shape index (κ2) is 3.42. The first-order valence-corrected chi connectivity index (χ1v) is 4.13. The summed E-state index contributed by atoms with van der Waals surface area (Å²) in [5.41, 5.74) is 0.162. The number of halogens is 2. The van der Waals surface area contributed by atoms with E-state index in [2.05, 4.69) is 0 Å². The monoisotopic (exact) mass is 186 g/mol. The lowest BCUT2D eigenvalue weighted by atomic mass is 10.2. The average molecular weight is 186 g/mol. The van der Waals surface area contributed by atoms with Gasteiger partial charge in [-0.3, -0.25) is 0 Å². The van der Waals surface area contributed by atoms with E-state index in [4.69, 9.17) is 0 Å². The van der Waals surface area contributed by atoms with Gasteiger partial charge in [-0.1, -0.05) is 6.07 Å². The van der Waals surface area contributed by atoms with Gasteiger partial charge in [-0.2, -0.15) is 0 Å². The molecule has 0 aliphatic carbocycles. The summed E-state index contributed by atoms with van der Waals surface area (Å²) in [6.45, 7) is 0.360. The summed E-state index contributed by atoms with van der Waals surface area (Å²) in [5.74, 6) is -0.930. The molecule has 3 heteroatoms. The molecule has 72 valence electrons. The second-order valence-corrected chi connectivity index (χ2v) is 4.15. The van der Waals surface area contributed by atoms with Crippen LogP contribution in [0.3, 0.4) is 0 Å². The van der Waals surface area contributed by atoms with E-state index >= 15 is 0 Å². The third-order valence-corrected chi connectivity index (χ3v) is 1.69. The molecule has 0 aliphatic rings. The number of benzene rings is 1. The lowest BCUT2D eigenvalue weighted by molar-refractivity contribution is -0.884. The Bertz CT molecular complexity index is 282. The molecule has 1 aromatic carbocycles. The minimum absolute atomic E-state index is 0.162. The maximum absolute atomic E-state index is 13.1. The van der Waals surface area contributed by atoms with Gasteiger partial charge in [0.15, 0.2) is 0 Å². The second-order valence-electron chi connectivity index (χ2n) is 4.15. The normalized spacial score (nSPS) is 11.8. The van der Waals surface area contributed by atoms with Crippen molar-refractivity contribution >= 4 is 0 Å². The molecule has 0 aromatic heterocycles. The highest BCUT2D eigenvalue weighted by molar-refractivity contribution is 5.18. The molecular formula is C10H14F2N+. The Morgan fingerprint density at radius 1 is 1.08 bits per heavy atom. The van der Waals surface area contributed by atoms with E-state index in [0.717, 1.165) is 0 Å². The Morgan fingerprint density at radius 3 is 1.92 bits per heavy atom. The van der Waals surface area contributed by atoms with Crippen LogP contribution in [0.15, 0.2) is 18.2 Å². The number of hydrogen-bond donors (Lipinski definition) is 0. The standard InChI is InChI=1S/C10H14F2N/c1-13(2,3)7-8-9(11)5-4-6-10(8)12/h4-6H,7H2,1-3H3/q+1. The maximum Gasteiger partial charge on any atom is 0.135 e. The Balaban J connectivity index is 3.00. The van der Waals surface area contributed by atoms with Gasteiger partial charge < -0.3 is 4.48 Å². The lowest BCUT2D eigenvalue weighted by Gasteiger charge is -2.24. The van der Waals surface area contributed by atoms with E-state index < -0.39 is 11.6 Å². The summed E-state index contributed by atoms with van der Waals surface area (Å²) >= 11 is 0. The zero-order valence-corrected chi connectivity index (χ0v) is 8.14. The molecule has 13 heavy (non-hydrogen) atoms. The summed E-state index contributed by atoms with van der Waals surface area (Å²) in [6, 6.07) is 3.95. The molecule has 1 aromatic rings. The van der Waals surface area contributed by atoms with E-state index in [1.54, 1.807) is 0 Å². The molecule has 0 unspecified atom stereocenters. The highest BCUT2D eigenvalue weighted by Crippen LogP contribution is 2.15. The molecule has 0 radical (unpaired) electrons. The van der Waals surface area contributed by atoms with Crippen molar-refractivity contribution < 1.29 is 13.3 Å². The molecule has 0 N–H and O–H groups in total. The topological polar surface area (TPSA) is 0 Å². The van der Waals surface area contributed by atoms with Gasteiger partial charge in [0.1, 0.15) is 18.2 Å². The van der Waals surface area contributed by atoms with Crippen molar-refractivity contribution in [3.05, 3.63) is 35.4 Å². The Kier molecular flexibility index (Phi) is 2.66. The molecular weight excluding hydrogens is 172 g/mol. The molecule has 0 heterocycles. The van der Waals surface area contributed by atoms with Crippen LogP contribution in [-0.2, 0) is 6.54 Å². The van der Waals surface area contributed by atoms with Gasteiger partial charge in [0, 0.05) is 0 Å².